The predicted octanol–water partition coefficient (Wildman–Crippen LogP) is 4.81. The van der Waals surface area contributed by atoms with Crippen molar-refractivity contribution in [2.75, 3.05) is 6.61 Å². The number of halogens is 4. The zero-order valence-electron chi connectivity index (χ0n) is 16.1. The summed E-state index contributed by atoms with van der Waals surface area (Å²) in [7, 11) is 1.27. The van der Waals surface area contributed by atoms with Crippen LogP contribution < -0.4 is 0 Å². The van der Waals surface area contributed by atoms with Gasteiger partial charge in [0.25, 0.3) is 0 Å². The van der Waals surface area contributed by atoms with Gasteiger partial charge >= 0.3 is 6.18 Å². The third kappa shape index (κ3) is 4.75. The van der Waals surface area contributed by atoms with Crippen LogP contribution in [0.4, 0.5) is 17.6 Å². The van der Waals surface area contributed by atoms with E-state index in [0.29, 0.717) is 17.7 Å². The van der Waals surface area contributed by atoms with Crippen molar-refractivity contribution in [1.82, 2.24) is 9.78 Å². The van der Waals surface area contributed by atoms with E-state index in [9.17, 15) is 27.2 Å². The molecule has 1 aromatic carbocycles. The van der Waals surface area contributed by atoms with Gasteiger partial charge in [0.1, 0.15) is 16.4 Å². The summed E-state index contributed by atoms with van der Waals surface area (Å²) in [5.41, 5.74) is -2.54. The molecule has 5 nitrogen and oxygen atoms in total. The Kier molecular flexibility index (Phi) is 6.35. The topological polar surface area (TPSA) is 61.2 Å². The van der Waals surface area contributed by atoms with Gasteiger partial charge in [-0.3, -0.25) is 14.3 Å². The first-order valence-corrected chi connectivity index (χ1v) is 9.93. The molecule has 30 heavy (non-hydrogen) atoms. The van der Waals surface area contributed by atoms with Crippen molar-refractivity contribution in [3.8, 4) is 0 Å². The number of rotatable bonds is 8. The van der Waals surface area contributed by atoms with E-state index in [1.165, 1.54) is 19.2 Å². The average Bonchev–Trinajstić information content (AvgIpc) is 3.47. The fraction of sp³-hybridized carbons (Fsp3) is 0.350. The van der Waals surface area contributed by atoms with Crippen molar-refractivity contribution in [3.05, 3.63) is 53.2 Å². The van der Waals surface area contributed by atoms with Crippen LogP contribution >= 0.6 is 11.8 Å². The Bertz CT molecular complexity index is 993. The number of Topliss-reactive ketones (excluding diaryl/α,β-unsaturated/α-hetero) is 2. The SMILES string of the molecule is CCO/C=C(/C(=O)c1c(C(F)(F)F)nn(C)c1Sc1ccc(F)cc1)C(=O)C1CC1. The summed E-state index contributed by atoms with van der Waals surface area (Å²) in [6.45, 7) is 1.77. The lowest BCUT2D eigenvalue weighted by Crippen LogP contribution is -2.19. The van der Waals surface area contributed by atoms with Gasteiger partial charge in [-0.25, -0.2) is 4.39 Å². The first-order valence-electron chi connectivity index (χ1n) is 9.11. The number of hydrogen-bond donors (Lipinski definition) is 0. The molecular formula is C20H18F4N2O3S. The van der Waals surface area contributed by atoms with Crippen LogP contribution in [0.5, 0.6) is 0 Å². The molecule has 0 atom stereocenters. The fourth-order valence-electron chi connectivity index (χ4n) is 2.73. The minimum absolute atomic E-state index is 0.107. The largest absolute Gasteiger partial charge is 0.501 e. The monoisotopic (exact) mass is 442 g/mol. The van der Waals surface area contributed by atoms with Crippen molar-refractivity contribution in [1.29, 1.82) is 0 Å². The average molecular weight is 442 g/mol. The van der Waals surface area contributed by atoms with E-state index in [4.69, 9.17) is 4.74 Å². The van der Waals surface area contributed by atoms with Crippen LogP contribution in [0.25, 0.3) is 0 Å². The lowest BCUT2D eigenvalue weighted by atomic mass is 9.98. The van der Waals surface area contributed by atoms with Crippen LogP contribution in [0.15, 0.2) is 46.0 Å². The number of carbonyl (C=O) groups excluding carboxylic acids is 2. The van der Waals surface area contributed by atoms with Crippen molar-refractivity contribution in [2.45, 2.75) is 35.9 Å². The van der Waals surface area contributed by atoms with E-state index in [0.717, 1.165) is 34.8 Å². The minimum Gasteiger partial charge on any atom is -0.501 e. The van der Waals surface area contributed by atoms with Crippen molar-refractivity contribution < 1.29 is 31.9 Å². The molecule has 0 unspecified atom stereocenters. The quantitative estimate of drug-likeness (QED) is 0.147. The number of carbonyl (C=O) groups is 2. The molecule has 1 aliphatic carbocycles. The molecule has 0 radical (unpaired) electrons. The normalized spacial score (nSPS) is 14.7. The maximum atomic E-state index is 13.7. The molecule has 3 rings (SSSR count). The Balaban J connectivity index is 2.10. The molecule has 1 aromatic heterocycles. The summed E-state index contributed by atoms with van der Waals surface area (Å²) in [5.74, 6) is -2.53. The Labute approximate surface area is 174 Å². The van der Waals surface area contributed by atoms with Crippen LogP contribution in [0, 0.1) is 11.7 Å². The number of benzene rings is 1. The van der Waals surface area contributed by atoms with E-state index >= 15 is 0 Å². The summed E-state index contributed by atoms with van der Waals surface area (Å²) in [5, 5.41) is 3.39. The minimum atomic E-state index is -4.91. The van der Waals surface area contributed by atoms with Gasteiger partial charge in [0, 0.05) is 17.9 Å². The molecule has 0 bridgehead atoms. The summed E-state index contributed by atoms with van der Waals surface area (Å²) < 4.78 is 60.2. The van der Waals surface area contributed by atoms with E-state index < -0.39 is 40.4 Å². The molecule has 0 N–H and O–H groups in total. The second-order valence-corrected chi connectivity index (χ2v) is 7.72. The molecule has 0 amide bonds. The number of ether oxygens (including phenoxy) is 1. The Morgan fingerprint density at radius 3 is 2.43 bits per heavy atom. The van der Waals surface area contributed by atoms with Crippen LogP contribution in [0.1, 0.15) is 35.8 Å². The van der Waals surface area contributed by atoms with Crippen molar-refractivity contribution in [2.24, 2.45) is 13.0 Å². The highest BCUT2D eigenvalue weighted by molar-refractivity contribution is 7.99. The zero-order chi connectivity index (χ0) is 22.1. The van der Waals surface area contributed by atoms with E-state index in [2.05, 4.69) is 5.10 Å². The molecule has 0 spiro atoms. The third-order valence-corrected chi connectivity index (χ3v) is 5.51. The number of aromatic nitrogens is 2. The number of alkyl halides is 3. The lowest BCUT2D eigenvalue weighted by molar-refractivity contribution is -0.141. The number of hydrogen-bond acceptors (Lipinski definition) is 5. The smallest absolute Gasteiger partial charge is 0.435 e. The van der Waals surface area contributed by atoms with Gasteiger partial charge in [0.2, 0.25) is 5.78 Å². The standard InChI is InChI=1S/C20H18F4N2O3S/c1-3-29-10-14(16(27)11-4-5-11)17(28)15-18(20(22,23)24)25-26(2)19(15)30-13-8-6-12(21)7-9-13/h6-11H,3-5H2,1-2H3/b14-10+. The number of allylic oxidation sites excluding steroid dienone is 1. The number of nitrogens with zero attached hydrogens (tertiary/aromatic N) is 2. The molecule has 1 fully saturated rings. The van der Waals surface area contributed by atoms with Gasteiger partial charge in [-0.05, 0) is 44.0 Å². The first kappa shape index (κ1) is 22.1. The highest BCUT2D eigenvalue weighted by Crippen LogP contribution is 2.41. The second kappa shape index (κ2) is 8.63. The van der Waals surface area contributed by atoms with Gasteiger partial charge in [-0.2, -0.15) is 18.3 Å². The Hall–Kier alpha value is -2.62. The van der Waals surface area contributed by atoms with Gasteiger partial charge in [-0.15, -0.1) is 0 Å². The molecule has 2 aromatic rings. The summed E-state index contributed by atoms with van der Waals surface area (Å²) >= 11 is 0.825. The molecule has 0 aliphatic heterocycles. The summed E-state index contributed by atoms with van der Waals surface area (Å²) in [6.07, 6.45) is -2.83. The summed E-state index contributed by atoms with van der Waals surface area (Å²) in [4.78, 5) is 26.2. The predicted molar refractivity (Wildman–Crippen MR) is 101 cm³/mol. The maximum Gasteiger partial charge on any atom is 0.435 e. The maximum absolute atomic E-state index is 13.7. The fourth-order valence-corrected chi connectivity index (χ4v) is 3.69. The van der Waals surface area contributed by atoms with Crippen molar-refractivity contribution in [3.63, 3.8) is 0 Å². The molecule has 10 heteroatoms. The molecule has 1 saturated carbocycles. The Morgan fingerprint density at radius 2 is 1.90 bits per heavy atom. The third-order valence-electron chi connectivity index (χ3n) is 4.34. The van der Waals surface area contributed by atoms with Gasteiger partial charge in [0.05, 0.1) is 18.4 Å². The first-order chi connectivity index (χ1) is 14.1. The molecular weight excluding hydrogens is 424 g/mol. The number of aryl methyl sites for hydroxylation is 1. The van der Waals surface area contributed by atoms with E-state index in [-0.39, 0.29) is 17.6 Å². The Morgan fingerprint density at radius 1 is 1.27 bits per heavy atom. The lowest BCUT2D eigenvalue weighted by Gasteiger charge is -2.10. The summed E-state index contributed by atoms with van der Waals surface area (Å²) in [6, 6.07) is 5.06. The van der Waals surface area contributed by atoms with Crippen molar-refractivity contribution >= 4 is 23.3 Å². The number of ketones is 2. The van der Waals surface area contributed by atoms with E-state index in [1.54, 1.807) is 6.92 Å². The second-order valence-electron chi connectivity index (χ2n) is 6.66. The molecule has 1 aliphatic rings. The zero-order valence-corrected chi connectivity index (χ0v) is 16.9. The molecule has 1 heterocycles. The van der Waals surface area contributed by atoms with Crippen LogP contribution in [0.3, 0.4) is 0 Å². The molecule has 0 saturated heterocycles. The van der Waals surface area contributed by atoms with Gasteiger partial charge < -0.3 is 4.74 Å². The van der Waals surface area contributed by atoms with Gasteiger partial charge in [-0.1, -0.05) is 11.8 Å². The van der Waals surface area contributed by atoms with Crippen LogP contribution in [-0.2, 0) is 22.8 Å². The highest BCUT2D eigenvalue weighted by atomic mass is 32.2. The van der Waals surface area contributed by atoms with E-state index in [1.807, 2.05) is 0 Å². The highest BCUT2D eigenvalue weighted by Gasteiger charge is 2.44. The van der Waals surface area contributed by atoms with Crippen LogP contribution in [-0.4, -0.2) is 28.0 Å². The molecule has 160 valence electrons. The van der Waals surface area contributed by atoms with Gasteiger partial charge in [0.15, 0.2) is 11.5 Å². The van der Waals surface area contributed by atoms with Crippen LogP contribution in [0.2, 0.25) is 0 Å².